The predicted molar refractivity (Wildman–Crippen MR) is 93.2 cm³/mol. The first-order valence-electron chi connectivity index (χ1n) is 7.04. The molecule has 5 nitrogen and oxygen atoms in total. The van der Waals surface area contributed by atoms with Gasteiger partial charge in [-0.2, -0.15) is 0 Å². The molecule has 2 rings (SSSR count). The number of nitrogens with one attached hydrogen (secondary N) is 1. The lowest BCUT2D eigenvalue weighted by atomic mass is 10.2. The average Bonchev–Trinajstić information content (AvgIpc) is 2.95. The van der Waals surface area contributed by atoms with E-state index in [9.17, 15) is 9.59 Å². The van der Waals surface area contributed by atoms with E-state index in [0.717, 1.165) is 15.0 Å². The fourth-order valence-corrected chi connectivity index (χ4v) is 3.23. The van der Waals surface area contributed by atoms with E-state index >= 15 is 0 Å². The van der Waals surface area contributed by atoms with Gasteiger partial charge in [-0.15, -0.1) is 11.3 Å². The molecule has 1 heterocycles. The molecule has 0 bridgehead atoms. The van der Waals surface area contributed by atoms with Crippen LogP contribution in [0.5, 0.6) is 0 Å². The van der Waals surface area contributed by atoms with Gasteiger partial charge in [-0.05, 0) is 19.1 Å². The first-order chi connectivity index (χ1) is 11.0. The third kappa shape index (κ3) is 5.44. The Morgan fingerprint density at radius 1 is 1.43 bits per heavy atom. The van der Waals surface area contributed by atoms with Crippen LogP contribution in [0.25, 0.3) is 10.6 Å². The van der Waals surface area contributed by atoms with Gasteiger partial charge in [0.2, 0.25) is 5.91 Å². The zero-order valence-electron chi connectivity index (χ0n) is 12.8. The van der Waals surface area contributed by atoms with Gasteiger partial charge in [0.15, 0.2) is 0 Å². The molecule has 122 valence electrons. The highest BCUT2D eigenvalue weighted by Gasteiger charge is 2.14. The molecule has 0 saturated heterocycles. The summed E-state index contributed by atoms with van der Waals surface area (Å²) in [7, 11) is 1.33. The quantitative estimate of drug-likeness (QED) is 0.761. The van der Waals surface area contributed by atoms with Crippen LogP contribution in [0.4, 0.5) is 0 Å². The topological polar surface area (TPSA) is 68.3 Å². The molecule has 0 aliphatic carbocycles. The van der Waals surface area contributed by atoms with Crippen molar-refractivity contribution in [3.8, 4) is 10.6 Å². The highest BCUT2D eigenvalue weighted by atomic mass is 79.9. The van der Waals surface area contributed by atoms with Crippen LogP contribution in [0.2, 0.25) is 0 Å². The highest BCUT2D eigenvalue weighted by molar-refractivity contribution is 9.10. The molecule has 0 aliphatic heterocycles. The molecule has 2 aromatic rings. The molecule has 0 aliphatic rings. The van der Waals surface area contributed by atoms with Gasteiger partial charge in [-0.3, -0.25) is 9.59 Å². The first kappa shape index (κ1) is 17.6. The van der Waals surface area contributed by atoms with E-state index in [2.05, 4.69) is 31.0 Å². The highest BCUT2D eigenvalue weighted by Crippen LogP contribution is 2.26. The van der Waals surface area contributed by atoms with Crippen LogP contribution in [0.3, 0.4) is 0 Å². The summed E-state index contributed by atoms with van der Waals surface area (Å²) in [5, 5.41) is 5.52. The molecule has 0 radical (unpaired) electrons. The van der Waals surface area contributed by atoms with Crippen molar-refractivity contribution in [2.24, 2.45) is 0 Å². The number of carbonyl (C=O) groups is 2. The van der Waals surface area contributed by atoms with Crippen molar-refractivity contribution in [1.82, 2.24) is 10.3 Å². The minimum atomic E-state index is -0.344. The van der Waals surface area contributed by atoms with Gasteiger partial charge in [0, 0.05) is 21.5 Å². The first-order valence-corrected chi connectivity index (χ1v) is 8.71. The molecule has 0 spiro atoms. The van der Waals surface area contributed by atoms with Crippen LogP contribution in [-0.4, -0.2) is 30.0 Å². The van der Waals surface area contributed by atoms with Crippen molar-refractivity contribution in [2.75, 3.05) is 7.11 Å². The van der Waals surface area contributed by atoms with Crippen molar-refractivity contribution in [3.05, 3.63) is 39.8 Å². The Morgan fingerprint density at radius 3 is 2.91 bits per heavy atom. The summed E-state index contributed by atoms with van der Waals surface area (Å²) in [6.45, 7) is 1.77. The van der Waals surface area contributed by atoms with Gasteiger partial charge in [0.25, 0.3) is 0 Å². The summed E-state index contributed by atoms with van der Waals surface area (Å²) in [6, 6.07) is 7.60. The van der Waals surface area contributed by atoms with E-state index in [1.807, 2.05) is 29.6 Å². The summed E-state index contributed by atoms with van der Waals surface area (Å²) in [5.74, 6) is -0.504. The van der Waals surface area contributed by atoms with Gasteiger partial charge >= 0.3 is 5.97 Å². The van der Waals surface area contributed by atoms with Crippen LogP contribution < -0.4 is 5.32 Å². The van der Waals surface area contributed by atoms with E-state index in [4.69, 9.17) is 0 Å². The van der Waals surface area contributed by atoms with Crippen molar-refractivity contribution < 1.29 is 14.3 Å². The minimum absolute atomic E-state index is 0.155. The van der Waals surface area contributed by atoms with Crippen LogP contribution in [0, 0.1) is 0 Å². The molecule has 1 atom stereocenters. The minimum Gasteiger partial charge on any atom is -0.469 e. The number of amides is 1. The number of halogens is 1. The molecule has 0 fully saturated rings. The van der Waals surface area contributed by atoms with Gasteiger partial charge in [0.1, 0.15) is 5.01 Å². The Hall–Kier alpha value is -1.73. The number of methoxy groups -OCH3 is 1. The van der Waals surface area contributed by atoms with Crippen molar-refractivity contribution in [2.45, 2.75) is 25.8 Å². The van der Waals surface area contributed by atoms with E-state index < -0.39 is 0 Å². The summed E-state index contributed by atoms with van der Waals surface area (Å²) >= 11 is 4.93. The number of carbonyl (C=O) groups excluding carboxylic acids is 2. The zero-order chi connectivity index (χ0) is 16.8. The third-order valence-corrected chi connectivity index (χ3v) is 4.51. The number of hydrogen-bond donors (Lipinski definition) is 1. The SMILES string of the molecule is COC(=O)CC(C)NC(=O)Cc1csc(-c2cccc(Br)c2)n1. The fourth-order valence-electron chi connectivity index (χ4n) is 2.02. The van der Waals surface area contributed by atoms with Gasteiger partial charge in [-0.1, -0.05) is 28.1 Å². The molecule has 23 heavy (non-hydrogen) atoms. The summed E-state index contributed by atoms with van der Waals surface area (Å²) in [6.07, 6.45) is 0.346. The van der Waals surface area contributed by atoms with Crippen LogP contribution in [-0.2, 0) is 20.7 Å². The lowest BCUT2D eigenvalue weighted by molar-refractivity contribution is -0.141. The molecule has 0 saturated carbocycles. The van der Waals surface area contributed by atoms with E-state index in [1.54, 1.807) is 6.92 Å². The average molecular weight is 397 g/mol. The Balaban J connectivity index is 1.94. The monoisotopic (exact) mass is 396 g/mol. The van der Waals surface area contributed by atoms with Crippen molar-refractivity contribution in [1.29, 1.82) is 0 Å². The smallest absolute Gasteiger partial charge is 0.307 e. The number of aromatic nitrogens is 1. The second-order valence-electron chi connectivity index (χ2n) is 5.08. The number of ether oxygens (including phenoxy) is 1. The zero-order valence-corrected chi connectivity index (χ0v) is 15.2. The summed E-state index contributed by atoms with van der Waals surface area (Å²) in [5.41, 5.74) is 1.72. The number of nitrogens with zero attached hydrogens (tertiary/aromatic N) is 1. The van der Waals surface area contributed by atoms with Crippen LogP contribution in [0.1, 0.15) is 19.0 Å². The Kier molecular flexibility index (Phi) is 6.29. The molecule has 1 unspecified atom stereocenters. The molecule has 1 amide bonds. The Bertz CT molecular complexity index is 702. The predicted octanol–water partition coefficient (Wildman–Crippen LogP) is 3.18. The van der Waals surface area contributed by atoms with E-state index in [-0.39, 0.29) is 30.8 Å². The van der Waals surface area contributed by atoms with E-state index in [0.29, 0.717) is 5.69 Å². The normalized spacial score (nSPS) is 11.8. The standard InChI is InChI=1S/C16H17BrN2O3S/c1-10(6-15(21)22-2)18-14(20)8-13-9-23-16(19-13)11-4-3-5-12(17)7-11/h3-5,7,9-10H,6,8H2,1-2H3,(H,18,20). The number of hydrogen-bond acceptors (Lipinski definition) is 5. The number of benzene rings is 1. The maximum atomic E-state index is 12.0. The Morgan fingerprint density at radius 2 is 2.22 bits per heavy atom. The van der Waals surface area contributed by atoms with Crippen molar-refractivity contribution in [3.63, 3.8) is 0 Å². The van der Waals surface area contributed by atoms with Crippen LogP contribution in [0.15, 0.2) is 34.1 Å². The largest absolute Gasteiger partial charge is 0.469 e. The van der Waals surface area contributed by atoms with Crippen LogP contribution >= 0.6 is 27.3 Å². The second-order valence-corrected chi connectivity index (χ2v) is 6.85. The molecule has 1 aromatic heterocycles. The lowest BCUT2D eigenvalue weighted by Gasteiger charge is -2.11. The van der Waals surface area contributed by atoms with Gasteiger partial charge < -0.3 is 10.1 Å². The Labute approximate surface area is 147 Å². The number of esters is 1. The molecular formula is C16H17BrN2O3S. The fraction of sp³-hybridized carbons (Fsp3) is 0.312. The number of thiazole rings is 1. The molecule has 1 aromatic carbocycles. The maximum absolute atomic E-state index is 12.0. The molecule has 7 heteroatoms. The maximum Gasteiger partial charge on any atom is 0.307 e. The van der Waals surface area contributed by atoms with Gasteiger partial charge in [0.05, 0.1) is 25.6 Å². The second kappa shape index (κ2) is 8.21. The third-order valence-electron chi connectivity index (χ3n) is 3.07. The number of rotatable bonds is 6. The lowest BCUT2D eigenvalue weighted by Crippen LogP contribution is -2.35. The van der Waals surface area contributed by atoms with Gasteiger partial charge in [-0.25, -0.2) is 4.98 Å². The molecule has 1 N–H and O–H groups in total. The summed E-state index contributed by atoms with van der Waals surface area (Å²) < 4.78 is 5.57. The van der Waals surface area contributed by atoms with E-state index in [1.165, 1.54) is 18.4 Å². The molecular weight excluding hydrogens is 380 g/mol. The van der Waals surface area contributed by atoms with Crippen molar-refractivity contribution >= 4 is 39.1 Å². The summed E-state index contributed by atoms with van der Waals surface area (Å²) in [4.78, 5) is 27.6.